The number of hydrogen-bond acceptors (Lipinski definition) is 2. The van der Waals surface area contributed by atoms with Gasteiger partial charge in [0.2, 0.25) is 0 Å². The Morgan fingerprint density at radius 3 is 2.87 bits per heavy atom. The van der Waals surface area contributed by atoms with E-state index in [0.29, 0.717) is 0 Å². The second kappa shape index (κ2) is 3.35. The summed E-state index contributed by atoms with van der Waals surface area (Å²) < 4.78 is 2.36. The van der Waals surface area contributed by atoms with Crippen molar-refractivity contribution >= 4 is 16.5 Å². The lowest BCUT2D eigenvalue weighted by atomic mass is 10.1. The second-order valence-corrected chi connectivity index (χ2v) is 4.73. The number of thiazole rings is 1. The minimum Gasteiger partial charge on any atom is -0.261 e. The highest BCUT2D eigenvalue weighted by Gasteiger charge is 2.23. The number of hydrogen-bond donors (Lipinski definition) is 1. The van der Waals surface area contributed by atoms with Crippen LogP contribution in [0.1, 0.15) is 5.56 Å². The van der Waals surface area contributed by atoms with E-state index in [4.69, 9.17) is 0 Å². The molecule has 0 atom stereocenters. The first-order valence-electron chi connectivity index (χ1n) is 5.17. The van der Waals surface area contributed by atoms with Crippen molar-refractivity contribution in [1.29, 1.82) is 0 Å². The number of benzene rings is 1. The third-order valence-corrected chi connectivity index (χ3v) is 3.71. The van der Waals surface area contributed by atoms with Gasteiger partial charge in [0.05, 0.1) is 0 Å². The summed E-state index contributed by atoms with van der Waals surface area (Å²) in [6.45, 7) is 4.27. The highest BCUT2D eigenvalue weighted by atomic mass is 32.1. The Balaban J connectivity index is 2.09. The summed E-state index contributed by atoms with van der Waals surface area (Å²) in [5.74, 6) is 0. The zero-order valence-electron chi connectivity index (χ0n) is 8.66. The van der Waals surface area contributed by atoms with Crippen molar-refractivity contribution in [3.8, 4) is 11.3 Å². The molecule has 0 unspecified atom stereocenters. The van der Waals surface area contributed by atoms with Crippen molar-refractivity contribution < 1.29 is 4.57 Å². The quantitative estimate of drug-likeness (QED) is 0.725. The van der Waals surface area contributed by atoms with E-state index in [-0.39, 0.29) is 0 Å². The van der Waals surface area contributed by atoms with Gasteiger partial charge >= 0.3 is 5.13 Å². The van der Waals surface area contributed by atoms with Crippen molar-refractivity contribution in [2.24, 2.45) is 0 Å². The summed E-state index contributed by atoms with van der Waals surface area (Å²) in [6.07, 6.45) is 0. The second-order valence-electron chi connectivity index (χ2n) is 3.87. The Hall–Kier alpha value is -1.35. The number of nitrogens with one attached hydrogen (secondary N) is 1. The molecule has 76 valence electrons. The number of anilines is 1. The minimum atomic E-state index is 1.06. The standard InChI is InChI=1S/C12H12N2S/c1-9-2-4-10(5-3-9)11-8-15-12-13-6-7-14(11)12/h2-5,8H,6-7H2,1H3/p+1. The summed E-state index contributed by atoms with van der Waals surface area (Å²) in [5.41, 5.74) is 3.96. The lowest BCUT2D eigenvalue weighted by Crippen LogP contribution is -2.30. The Morgan fingerprint density at radius 2 is 2.07 bits per heavy atom. The smallest absolute Gasteiger partial charge is 0.261 e. The van der Waals surface area contributed by atoms with E-state index < -0.39 is 0 Å². The minimum absolute atomic E-state index is 1.06. The van der Waals surface area contributed by atoms with Crippen LogP contribution in [-0.2, 0) is 6.54 Å². The third kappa shape index (κ3) is 1.43. The molecule has 15 heavy (non-hydrogen) atoms. The molecule has 0 radical (unpaired) electrons. The first-order valence-corrected chi connectivity index (χ1v) is 6.05. The van der Waals surface area contributed by atoms with Gasteiger partial charge in [-0.05, 0) is 6.92 Å². The maximum Gasteiger partial charge on any atom is 0.334 e. The topological polar surface area (TPSA) is 15.9 Å². The molecule has 1 aliphatic heterocycles. The van der Waals surface area contributed by atoms with E-state index in [1.807, 2.05) is 0 Å². The highest BCUT2D eigenvalue weighted by molar-refractivity contribution is 7.13. The summed E-state index contributed by atoms with van der Waals surface area (Å²) in [5, 5.41) is 6.89. The zero-order chi connectivity index (χ0) is 10.3. The Labute approximate surface area is 93.2 Å². The third-order valence-electron chi connectivity index (χ3n) is 2.78. The van der Waals surface area contributed by atoms with E-state index in [2.05, 4.69) is 46.5 Å². The first kappa shape index (κ1) is 8.92. The number of fused-ring (bicyclic) bond motifs is 1. The van der Waals surface area contributed by atoms with Crippen LogP contribution in [-0.4, -0.2) is 6.54 Å². The monoisotopic (exact) mass is 217 g/mol. The Kier molecular flexibility index (Phi) is 1.99. The lowest BCUT2D eigenvalue weighted by molar-refractivity contribution is -0.655. The molecular weight excluding hydrogens is 204 g/mol. The van der Waals surface area contributed by atoms with Crippen LogP contribution in [0.3, 0.4) is 0 Å². The van der Waals surface area contributed by atoms with Crippen LogP contribution >= 0.6 is 11.3 Å². The van der Waals surface area contributed by atoms with Crippen LogP contribution in [0.4, 0.5) is 5.13 Å². The number of aryl methyl sites for hydroxylation is 1. The van der Waals surface area contributed by atoms with Crippen molar-refractivity contribution in [3.05, 3.63) is 35.2 Å². The fraction of sp³-hybridized carbons (Fsp3) is 0.250. The highest BCUT2D eigenvalue weighted by Crippen LogP contribution is 2.25. The molecule has 0 spiro atoms. The predicted octanol–water partition coefficient (Wildman–Crippen LogP) is 2.44. The van der Waals surface area contributed by atoms with Crippen molar-refractivity contribution in [2.75, 3.05) is 11.9 Å². The van der Waals surface area contributed by atoms with Crippen molar-refractivity contribution in [1.82, 2.24) is 0 Å². The molecule has 0 amide bonds. The summed E-state index contributed by atoms with van der Waals surface area (Å²) >= 11 is 1.79. The number of rotatable bonds is 1. The van der Waals surface area contributed by atoms with Crippen LogP contribution in [0.5, 0.6) is 0 Å². The largest absolute Gasteiger partial charge is 0.334 e. The van der Waals surface area contributed by atoms with Gasteiger partial charge in [-0.25, -0.2) is 4.57 Å². The number of nitrogens with zero attached hydrogens (tertiary/aromatic N) is 1. The Morgan fingerprint density at radius 1 is 1.27 bits per heavy atom. The fourth-order valence-electron chi connectivity index (χ4n) is 1.93. The molecule has 1 N–H and O–H groups in total. The Bertz CT molecular complexity index is 485. The molecule has 0 saturated heterocycles. The van der Waals surface area contributed by atoms with E-state index in [0.717, 1.165) is 13.1 Å². The van der Waals surface area contributed by atoms with Gasteiger partial charge in [-0.3, -0.25) is 5.32 Å². The molecular formula is C12H13N2S+. The fourth-order valence-corrected chi connectivity index (χ4v) is 2.92. The van der Waals surface area contributed by atoms with Gasteiger partial charge in [0.15, 0.2) is 0 Å². The summed E-state index contributed by atoms with van der Waals surface area (Å²) in [7, 11) is 0. The zero-order valence-corrected chi connectivity index (χ0v) is 9.47. The van der Waals surface area contributed by atoms with Crippen molar-refractivity contribution in [3.63, 3.8) is 0 Å². The van der Waals surface area contributed by atoms with E-state index in [9.17, 15) is 0 Å². The average Bonchev–Trinajstić information content (AvgIpc) is 2.80. The molecule has 1 aromatic carbocycles. The molecule has 2 heterocycles. The molecule has 3 heteroatoms. The SMILES string of the molecule is Cc1ccc(-c2csc3[n+]2CCN3)cc1. The maximum atomic E-state index is 3.38. The molecule has 0 saturated carbocycles. The lowest BCUT2D eigenvalue weighted by Gasteiger charge is -1.99. The molecule has 1 aliphatic rings. The number of aromatic nitrogens is 1. The van der Waals surface area contributed by atoms with Crippen LogP contribution < -0.4 is 9.88 Å². The average molecular weight is 217 g/mol. The van der Waals surface area contributed by atoms with Gasteiger partial charge < -0.3 is 0 Å². The molecule has 0 fully saturated rings. The van der Waals surface area contributed by atoms with Crippen molar-refractivity contribution in [2.45, 2.75) is 13.5 Å². The predicted molar refractivity (Wildman–Crippen MR) is 63.2 cm³/mol. The van der Waals surface area contributed by atoms with Crippen LogP contribution in [0.15, 0.2) is 29.6 Å². The van der Waals surface area contributed by atoms with Gasteiger partial charge in [-0.1, -0.05) is 41.2 Å². The molecule has 2 aromatic rings. The molecule has 3 rings (SSSR count). The molecule has 0 aliphatic carbocycles. The van der Waals surface area contributed by atoms with Crippen LogP contribution in [0.2, 0.25) is 0 Å². The normalized spacial score (nSPS) is 13.7. The van der Waals surface area contributed by atoms with Gasteiger partial charge in [0.25, 0.3) is 0 Å². The molecule has 1 aromatic heterocycles. The van der Waals surface area contributed by atoms with E-state index in [1.54, 1.807) is 11.3 Å². The van der Waals surface area contributed by atoms with E-state index in [1.165, 1.54) is 22.0 Å². The molecule has 2 nitrogen and oxygen atoms in total. The maximum absolute atomic E-state index is 3.38. The first-order chi connectivity index (χ1) is 7.34. The summed E-state index contributed by atoms with van der Waals surface area (Å²) in [6, 6.07) is 8.73. The van der Waals surface area contributed by atoms with Gasteiger partial charge in [0, 0.05) is 10.9 Å². The van der Waals surface area contributed by atoms with Gasteiger partial charge in [0.1, 0.15) is 18.8 Å². The van der Waals surface area contributed by atoms with Crippen LogP contribution in [0.25, 0.3) is 11.3 Å². The van der Waals surface area contributed by atoms with Gasteiger partial charge in [-0.15, -0.1) is 0 Å². The molecule has 0 bridgehead atoms. The van der Waals surface area contributed by atoms with Crippen LogP contribution in [0, 0.1) is 6.92 Å². The van der Waals surface area contributed by atoms with E-state index >= 15 is 0 Å². The summed E-state index contributed by atoms with van der Waals surface area (Å²) in [4.78, 5) is 0. The van der Waals surface area contributed by atoms with Gasteiger partial charge in [-0.2, -0.15) is 0 Å².